The van der Waals surface area contributed by atoms with E-state index in [1.165, 1.54) is 0 Å². The molecule has 12 heteroatoms. The summed E-state index contributed by atoms with van der Waals surface area (Å²) in [5.41, 5.74) is 11.1. The minimum Gasteiger partial charge on any atom is -0.481 e. The lowest BCUT2D eigenvalue weighted by Crippen LogP contribution is -2.27. The van der Waals surface area contributed by atoms with E-state index in [4.69, 9.17) is 0 Å². The molecule has 1 unspecified atom stereocenters. The maximum absolute atomic E-state index is 11.6. The van der Waals surface area contributed by atoms with Crippen molar-refractivity contribution in [2.24, 2.45) is 0 Å². The number of hydrogen-bond acceptors (Lipinski definition) is 5. The molecular formula is C36H42N4O8. The van der Waals surface area contributed by atoms with Crippen LogP contribution in [0, 0.1) is 20.8 Å². The van der Waals surface area contributed by atoms with Crippen molar-refractivity contribution in [1.29, 1.82) is 0 Å². The van der Waals surface area contributed by atoms with Gasteiger partial charge in [-0.2, -0.15) is 0 Å². The topological polar surface area (TPSA) is 209 Å². The zero-order valence-corrected chi connectivity index (χ0v) is 27.6. The Morgan fingerprint density at radius 2 is 1.12 bits per heavy atom. The number of carboxylic acid groups (broad SMARTS) is 4. The second-order valence-corrected chi connectivity index (χ2v) is 12.7. The monoisotopic (exact) mass is 658 g/mol. The first-order valence-corrected chi connectivity index (χ1v) is 16.1. The smallest absolute Gasteiger partial charge is 0.303 e. The molecule has 0 saturated heterocycles. The average molecular weight is 659 g/mol. The first kappa shape index (κ1) is 34.1. The number of aromatic nitrogens is 3. The molecule has 254 valence electrons. The molecule has 3 aromatic rings. The average Bonchev–Trinajstić information content (AvgIpc) is 3.66. The lowest BCUT2D eigenvalue weighted by molar-refractivity contribution is -0.138. The molecule has 3 aromatic heterocycles. The van der Waals surface area contributed by atoms with Crippen LogP contribution >= 0.6 is 0 Å². The van der Waals surface area contributed by atoms with Crippen molar-refractivity contribution in [2.75, 3.05) is 0 Å². The number of nitrogens with one attached hydrogen (secondary N) is 4. The number of fused-ring (bicyclic) bond motifs is 8. The summed E-state index contributed by atoms with van der Waals surface area (Å²) in [6, 6.07) is -0.230. The van der Waals surface area contributed by atoms with Crippen molar-refractivity contribution < 1.29 is 39.6 Å². The molecule has 2 aliphatic heterocycles. The van der Waals surface area contributed by atoms with Gasteiger partial charge in [-0.25, -0.2) is 0 Å². The van der Waals surface area contributed by atoms with E-state index in [9.17, 15) is 39.6 Å². The van der Waals surface area contributed by atoms with Gasteiger partial charge in [-0.05, 0) is 116 Å². The van der Waals surface area contributed by atoms with Crippen molar-refractivity contribution >= 4 is 42.1 Å². The van der Waals surface area contributed by atoms with Crippen molar-refractivity contribution in [1.82, 2.24) is 20.3 Å². The standard InChI is InChI=1S/C36H42N4O8/c1-17-21(5-9-33(41)42)29-14-26-19(3)23(7-11-35(45)46)31(39-26)16-28-20(4)24(8-12-36(47)48)32(40-28)15-27-18(2)22(6-10-34(43)44)30(38-27)13-25(17)37-29/h13-15,31,37-40H,5-12,16H2,1-4H3,(H,41,42)(H,43,44)(H,45,46)(H,47,48)/b26-14-,27-15-,30-13-. The minimum atomic E-state index is -0.916. The second-order valence-electron chi connectivity index (χ2n) is 12.7. The highest BCUT2D eigenvalue weighted by Crippen LogP contribution is 2.34. The van der Waals surface area contributed by atoms with Crippen molar-refractivity contribution in [2.45, 2.75) is 91.5 Å². The van der Waals surface area contributed by atoms with Crippen LogP contribution in [-0.4, -0.2) is 65.3 Å². The molecule has 0 aliphatic carbocycles. The first-order chi connectivity index (χ1) is 22.7. The summed E-state index contributed by atoms with van der Waals surface area (Å²) in [5, 5.41) is 43.2. The Morgan fingerprint density at radius 3 is 1.73 bits per heavy atom. The molecule has 0 amide bonds. The molecule has 48 heavy (non-hydrogen) atoms. The summed E-state index contributed by atoms with van der Waals surface area (Å²) >= 11 is 0. The van der Waals surface area contributed by atoms with Crippen LogP contribution in [0.2, 0.25) is 0 Å². The number of aliphatic carboxylic acids is 4. The minimum absolute atomic E-state index is 0.0340. The van der Waals surface area contributed by atoms with Crippen molar-refractivity contribution in [3.05, 3.63) is 83.7 Å². The molecule has 5 heterocycles. The third-order valence-corrected chi connectivity index (χ3v) is 9.70. The van der Waals surface area contributed by atoms with Gasteiger partial charge in [0.15, 0.2) is 0 Å². The van der Waals surface area contributed by atoms with E-state index < -0.39 is 23.9 Å². The van der Waals surface area contributed by atoms with Gasteiger partial charge in [0, 0.05) is 71.3 Å². The SMILES string of the molecule is CC1=C(CCC(=O)O)C2Cc3[nH]c(c(CCC(=O)O)c3C)/C=c3\[nH]/c(c(CCC(=O)O)c3C)=C\c3[nH]c(c(CCC(=O)O)c3C)/C=C/1N2. The predicted octanol–water partition coefficient (Wildman–Crippen LogP) is 3.36. The van der Waals surface area contributed by atoms with E-state index >= 15 is 0 Å². The van der Waals surface area contributed by atoms with Gasteiger partial charge in [0.2, 0.25) is 0 Å². The molecule has 8 bridgehead atoms. The molecule has 1 atom stereocenters. The number of rotatable bonds is 12. The zero-order chi connectivity index (χ0) is 34.9. The third kappa shape index (κ3) is 7.17. The van der Waals surface area contributed by atoms with Gasteiger partial charge < -0.3 is 40.7 Å². The summed E-state index contributed by atoms with van der Waals surface area (Å²) in [5.74, 6) is -3.63. The van der Waals surface area contributed by atoms with Gasteiger partial charge in [-0.3, -0.25) is 19.2 Å². The Kier molecular flexibility index (Phi) is 9.83. The Labute approximate surface area is 277 Å². The highest BCUT2D eigenvalue weighted by molar-refractivity contribution is 5.72. The summed E-state index contributed by atoms with van der Waals surface area (Å²) in [6.07, 6.45) is 7.34. The Hall–Kier alpha value is -5.26. The first-order valence-electron chi connectivity index (χ1n) is 16.1. The van der Waals surface area contributed by atoms with Gasteiger partial charge in [0.1, 0.15) is 0 Å². The Morgan fingerprint density at radius 1 is 0.604 bits per heavy atom. The number of carboxylic acids is 4. The number of aromatic amines is 3. The predicted molar refractivity (Wildman–Crippen MR) is 179 cm³/mol. The van der Waals surface area contributed by atoms with E-state index in [-0.39, 0.29) is 38.1 Å². The maximum atomic E-state index is 11.6. The number of H-pyrrole nitrogens is 3. The highest BCUT2D eigenvalue weighted by atomic mass is 16.4. The van der Waals surface area contributed by atoms with Gasteiger partial charge in [-0.1, -0.05) is 0 Å². The van der Waals surface area contributed by atoms with E-state index in [0.717, 1.165) is 83.7 Å². The highest BCUT2D eigenvalue weighted by Gasteiger charge is 2.29. The van der Waals surface area contributed by atoms with Gasteiger partial charge >= 0.3 is 23.9 Å². The third-order valence-electron chi connectivity index (χ3n) is 9.70. The van der Waals surface area contributed by atoms with Gasteiger partial charge in [0.25, 0.3) is 0 Å². The zero-order valence-electron chi connectivity index (χ0n) is 27.6. The van der Waals surface area contributed by atoms with Crippen LogP contribution < -0.4 is 16.0 Å². The molecule has 0 aromatic carbocycles. The van der Waals surface area contributed by atoms with Gasteiger partial charge in [-0.15, -0.1) is 0 Å². The molecule has 0 spiro atoms. The van der Waals surface area contributed by atoms with E-state index in [1.54, 1.807) is 0 Å². The molecule has 0 saturated carbocycles. The number of hydrogen-bond donors (Lipinski definition) is 8. The molecule has 0 radical (unpaired) electrons. The van der Waals surface area contributed by atoms with Crippen LogP contribution in [0.15, 0.2) is 16.8 Å². The van der Waals surface area contributed by atoms with E-state index in [0.29, 0.717) is 25.7 Å². The fourth-order valence-electron chi connectivity index (χ4n) is 6.98. The molecule has 2 aliphatic rings. The fraction of sp³-hybridized carbons (Fsp3) is 0.389. The Balaban J connectivity index is 1.80. The number of allylic oxidation sites excluding steroid dienone is 1. The molecule has 8 N–H and O–H groups in total. The van der Waals surface area contributed by atoms with E-state index in [1.807, 2.05) is 45.9 Å². The molecular weight excluding hydrogens is 616 g/mol. The van der Waals surface area contributed by atoms with Crippen LogP contribution in [0.1, 0.15) is 95.2 Å². The molecule has 5 rings (SSSR count). The lowest BCUT2D eigenvalue weighted by Gasteiger charge is -2.16. The fourth-order valence-corrected chi connectivity index (χ4v) is 6.98. The lowest BCUT2D eigenvalue weighted by atomic mass is 9.95. The largest absolute Gasteiger partial charge is 0.481 e. The van der Waals surface area contributed by atoms with Crippen molar-refractivity contribution in [3.63, 3.8) is 0 Å². The van der Waals surface area contributed by atoms with Gasteiger partial charge in [0.05, 0.1) is 6.04 Å². The maximum Gasteiger partial charge on any atom is 0.303 e. The van der Waals surface area contributed by atoms with Crippen LogP contribution in [0.3, 0.4) is 0 Å². The summed E-state index contributed by atoms with van der Waals surface area (Å²) < 4.78 is 0. The van der Waals surface area contributed by atoms with E-state index in [2.05, 4.69) is 20.3 Å². The quantitative estimate of drug-likeness (QED) is 0.143. The van der Waals surface area contributed by atoms with Crippen LogP contribution in [0.4, 0.5) is 0 Å². The molecule has 0 fully saturated rings. The summed E-state index contributed by atoms with van der Waals surface area (Å²) in [4.78, 5) is 57.0. The van der Waals surface area contributed by atoms with Crippen molar-refractivity contribution in [3.8, 4) is 0 Å². The summed E-state index contributed by atoms with van der Waals surface area (Å²) in [6.45, 7) is 7.78. The molecule has 12 nitrogen and oxygen atoms in total. The number of carbonyl (C=O) groups is 4. The Bertz CT molecular complexity index is 2000. The normalized spacial score (nSPS) is 17.9. The van der Waals surface area contributed by atoms with Crippen LogP contribution in [-0.2, 0) is 44.9 Å². The summed E-state index contributed by atoms with van der Waals surface area (Å²) in [7, 11) is 0. The second kappa shape index (κ2) is 13.8. The van der Waals surface area contributed by atoms with Crippen LogP contribution in [0.25, 0.3) is 18.2 Å². The van der Waals surface area contributed by atoms with Crippen LogP contribution in [0.5, 0.6) is 0 Å².